The van der Waals surface area contributed by atoms with Crippen LogP contribution in [-0.2, 0) is 11.3 Å². The number of urea groups is 1. The number of hydrogen-bond acceptors (Lipinski definition) is 4. The van der Waals surface area contributed by atoms with Crippen LogP contribution >= 0.6 is 11.8 Å². The zero-order chi connectivity index (χ0) is 22.7. The lowest BCUT2D eigenvalue weighted by atomic mass is 10.0. The monoisotopic (exact) mass is 457 g/mol. The number of benzene rings is 2. The maximum Gasteiger partial charge on any atom is 0.446 e. The van der Waals surface area contributed by atoms with Gasteiger partial charge >= 0.3 is 11.5 Å². The van der Waals surface area contributed by atoms with Crippen LogP contribution in [0.5, 0.6) is 0 Å². The second kappa shape index (κ2) is 7.23. The lowest BCUT2D eigenvalue weighted by molar-refractivity contribution is -0.120. The average molecular weight is 457 g/mol. The highest BCUT2D eigenvalue weighted by molar-refractivity contribution is 8.00. The summed E-state index contributed by atoms with van der Waals surface area (Å²) in [4.78, 5) is 33.7. The summed E-state index contributed by atoms with van der Waals surface area (Å²) in [6.45, 7) is 2.18. The summed E-state index contributed by atoms with van der Waals surface area (Å²) >= 11 is -0.234. The van der Waals surface area contributed by atoms with Crippen LogP contribution in [0.25, 0.3) is 10.9 Å². The largest absolute Gasteiger partial charge is 0.446 e. The Labute approximate surface area is 186 Å². The Kier molecular flexibility index (Phi) is 4.70. The third-order valence-corrected chi connectivity index (χ3v) is 6.75. The number of carbonyl (C=O) groups excluding carboxylic acids is 2. The van der Waals surface area contributed by atoms with Gasteiger partial charge in [0.1, 0.15) is 5.54 Å². The molecule has 2 aliphatic rings. The molecular weight excluding hydrogens is 439 g/mol. The molecule has 0 radical (unpaired) electrons. The number of amides is 3. The van der Waals surface area contributed by atoms with E-state index in [1.54, 1.807) is 11.1 Å². The number of aromatic nitrogens is 1. The van der Waals surface area contributed by atoms with Crippen molar-refractivity contribution in [2.24, 2.45) is 0 Å². The van der Waals surface area contributed by atoms with E-state index in [0.29, 0.717) is 12.8 Å². The van der Waals surface area contributed by atoms with E-state index < -0.39 is 17.1 Å². The number of imide groups is 1. The number of thioether (sulfide) groups is 1. The highest BCUT2D eigenvalue weighted by atomic mass is 32.2. The Balaban J connectivity index is 1.47. The van der Waals surface area contributed by atoms with Gasteiger partial charge in [-0.15, -0.1) is 0 Å². The van der Waals surface area contributed by atoms with E-state index >= 15 is 0 Å². The SMILES string of the molecule is Cc1cnc2ccccc2c1CN1C(=O)N(c2ccc(SC(F)(F)F)cc2)C(=O)C12CC2. The smallest absolute Gasteiger partial charge is 0.305 e. The molecule has 5 rings (SSSR count). The van der Waals surface area contributed by atoms with Gasteiger partial charge in [0.25, 0.3) is 5.91 Å². The topological polar surface area (TPSA) is 53.5 Å². The molecule has 2 fully saturated rings. The zero-order valence-electron chi connectivity index (χ0n) is 17.0. The number of fused-ring (bicyclic) bond motifs is 1. The molecule has 5 nitrogen and oxygen atoms in total. The minimum absolute atomic E-state index is 0.00258. The first-order valence-electron chi connectivity index (χ1n) is 10.0. The molecule has 32 heavy (non-hydrogen) atoms. The second-order valence-electron chi connectivity index (χ2n) is 8.02. The molecule has 9 heteroatoms. The molecule has 0 atom stereocenters. The number of alkyl halides is 3. The number of hydrogen-bond donors (Lipinski definition) is 0. The van der Waals surface area contributed by atoms with Gasteiger partial charge in [-0.3, -0.25) is 9.78 Å². The maximum atomic E-state index is 13.4. The van der Waals surface area contributed by atoms with Gasteiger partial charge in [0, 0.05) is 23.0 Å². The van der Waals surface area contributed by atoms with Crippen molar-refractivity contribution in [2.75, 3.05) is 4.90 Å². The summed E-state index contributed by atoms with van der Waals surface area (Å²) < 4.78 is 37.8. The van der Waals surface area contributed by atoms with Crippen LogP contribution in [0.1, 0.15) is 24.0 Å². The molecule has 1 spiro atoms. The number of halogens is 3. The van der Waals surface area contributed by atoms with Crippen molar-refractivity contribution in [2.45, 2.75) is 42.3 Å². The summed E-state index contributed by atoms with van der Waals surface area (Å²) in [5.74, 6) is -0.324. The maximum absolute atomic E-state index is 13.4. The molecule has 2 heterocycles. The number of para-hydroxylation sites is 1. The molecule has 1 aliphatic heterocycles. The van der Waals surface area contributed by atoms with Gasteiger partial charge in [0.15, 0.2) is 0 Å². The molecule has 164 valence electrons. The van der Waals surface area contributed by atoms with Gasteiger partial charge in [-0.2, -0.15) is 13.2 Å². The number of rotatable bonds is 4. The van der Waals surface area contributed by atoms with Crippen LogP contribution < -0.4 is 4.90 Å². The van der Waals surface area contributed by atoms with Crippen LogP contribution in [0.4, 0.5) is 23.7 Å². The second-order valence-corrected chi connectivity index (χ2v) is 9.16. The quantitative estimate of drug-likeness (QED) is 0.375. The summed E-state index contributed by atoms with van der Waals surface area (Å²) in [6.07, 6.45) is 2.89. The van der Waals surface area contributed by atoms with E-state index in [1.807, 2.05) is 31.2 Å². The molecule has 1 aliphatic carbocycles. The molecule has 0 N–H and O–H groups in total. The zero-order valence-corrected chi connectivity index (χ0v) is 17.8. The summed E-state index contributed by atoms with van der Waals surface area (Å²) in [6, 6.07) is 12.5. The molecule has 1 aromatic heterocycles. The van der Waals surface area contributed by atoms with Crippen LogP contribution in [0.2, 0.25) is 0 Å². The summed E-state index contributed by atoms with van der Waals surface area (Å²) in [7, 11) is 0. The van der Waals surface area contributed by atoms with E-state index in [2.05, 4.69) is 4.98 Å². The van der Waals surface area contributed by atoms with Crippen molar-refractivity contribution in [3.63, 3.8) is 0 Å². The van der Waals surface area contributed by atoms with Crippen molar-refractivity contribution in [3.8, 4) is 0 Å². The summed E-state index contributed by atoms with van der Waals surface area (Å²) in [5.41, 5.74) is -2.34. The average Bonchev–Trinajstić information content (AvgIpc) is 3.51. The van der Waals surface area contributed by atoms with Crippen LogP contribution in [0, 0.1) is 6.92 Å². The first-order chi connectivity index (χ1) is 15.2. The van der Waals surface area contributed by atoms with Gasteiger partial charge < -0.3 is 4.90 Å². The standard InChI is InChI=1S/C23H18F3N3O2S/c1-14-12-27-19-5-3-2-4-17(19)18(14)13-28-21(31)29(20(30)22(28)10-11-22)15-6-8-16(9-7-15)32-23(24,25)26/h2-9,12H,10-11,13H2,1H3. The molecule has 3 amide bonds. The number of anilines is 1. The summed E-state index contributed by atoms with van der Waals surface area (Å²) in [5, 5.41) is 0.926. The van der Waals surface area contributed by atoms with Gasteiger partial charge in [-0.25, -0.2) is 9.69 Å². The molecule has 2 aromatic carbocycles. The fourth-order valence-electron chi connectivity index (χ4n) is 4.23. The number of carbonyl (C=O) groups is 2. The van der Waals surface area contributed by atoms with E-state index in [9.17, 15) is 22.8 Å². The predicted octanol–water partition coefficient (Wildman–Crippen LogP) is 5.66. The van der Waals surface area contributed by atoms with Gasteiger partial charge in [-0.1, -0.05) is 18.2 Å². The predicted molar refractivity (Wildman–Crippen MR) is 115 cm³/mol. The van der Waals surface area contributed by atoms with E-state index in [-0.39, 0.29) is 34.8 Å². The molecule has 3 aromatic rings. The first-order valence-corrected chi connectivity index (χ1v) is 10.9. The Hall–Kier alpha value is -3.07. The molecule has 0 unspecified atom stereocenters. The van der Waals surface area contributed by atoms with Crippen LogP contribution in [-0.4, -0.2) is 32.9 Å². The Morgan fingerprint density at radius 2 is 1.75 bits per heavy atom. The Morgan fingerprint density at radius 3 is 2.41 bits per heavy atom. The number of aryl methyl sites for hydroxylation is 1. The number of nitrogens with zero attached hydrogens (tertiary/aromatic N) is 3. The van der Waals surface area contributed by atoms with Crippen LogP contribution in [0.15, 0.2) is 59.6 Å². The van der Waals surface area contributed by atoms with E-state index in [1.165, 1.54) is 24.3 Å². The normalized spacial score (nSPS) is 17.6. The minimum atomic E-state index is -4.40. The Bertz CT molecular complexity index is 1240. The van der Waals surface area contributed by atoms with Crippen molar-refractivity contribution < 1.29 is 22.8 Å². The third kappa shape index (κ3) is 3.40. The van der Waals surface area contributed by atoms with E-state index in [0.717, 1.165) is 26.9 Å². The Morgan fingerprint density at radius 1 is 1.06 bits per heavy atom. The van der Waals surface area contributed by atoms with Crippen molar-refractivity contribution in [3.05, 3.63) is 65.9 Å². The van der Waals surface area contributed by atoms with Crippen molar-refractivity contribution in [1.29, 1.82) is 0 Å². The molecular formula is C23H18F3N3O2S. The lowest BCUT2D eigenvalue weighted by Gasteiger charge is -2.23. The lowest BCUT2D eigenvalue weighted by Crippen LogP contribution is -2.36. The first kappa shape index (κ1) is 20.8. The van der Waals surface area contributed by atoms with E-state index in [4.69, 9.17) is 0 Å². The third-order valence-electron chi connectivity index (χ3n) is 6.01. The highest BCUT2D eigenvalue weighted by Gasteiger charge is 2.65. The fourth-order valence-corrected chi connectivity index (χ4v) is 4.77. The number of pyridine rings is 1. The molecule has 1 saturated heterocycles. The highest BCUT2D eigenvalue weighted by Crippen LogP contribution is 2.50. The van der Waals surface area contributed by atoms with Gasteiger partial charge in [-0.05, 0) is 73.0 Å². The van der Waals surface area contributed by atoms with Gasteiger partial charge in [0.2, 0.25) is 0 Å². The van der Waals surface area contributed by atoms with Crippen LogP contribution in [0.3, 0.4) is 0 Å². The molecule has 0 bridgehead atoms. The van der Waals surface area contributed by atoms with Crippen molar-refractivity contribution in [1.82, 2.24) is 9.88 Å². The fraction of sp³-hybridized carbons (Fsp3) is 0.261. The molecule has 1 saturated carbocycles. The minimum Gasteiger partial charge on any atom is -0.305 e. The van der Waals surface area contributed by atoms with Gasteiger partial charge in [0.05, 0.1) is 11.2 Å². The van der Waals surface area contributed by atoms with Crippen molar-refractivity contribution >= 4 is 40.3 Å².